The number of amides is 1. The smallest absolute Gasteiger partial charge is 0.266 e. The quantitative estimate of drug-likeness (QED) is 0.793. The number of benzene rings is 1. The summed E-state index contributed by atoms with van der Waals surface area (Å²) in [5.74, 6) is 0.827. The Bertz CT molecular complexity index is 604. The standard InChI is InChI=1S/C17H22N2O2S/c1-11(2)18-17-19(12(3)4)16(20)15(22-17)10-13-6-8-14(21-5)9-7-13/h6-12H,1-5H3/b15-10+,18-17?. The van der Waals surface area contributed by atoms with E-state index in [1.54, 1.807) is 12.0 Å². The van der Waals surface area contributed by atoms with E-state index >= 15 is 0 Å². The van der Waals surface area contributed by atoms with Gasteiger partial charge in [0.25, 0.3) is 5.91 Å². The van der Waals surface area contributed by atoms with Gasteiger partial charge in [0.1, 0.15) is 5.75 Å². The fourth-order valence-corrected chi connectivity index (χ4v) is 3.34. The predicted molar refractivity (Wildman–Crippen MR) is 93.1 cm³/mol. The minimum Gasteiger partial charge on any atom is -0.497 e. The highest BCUT2D eigenvalue weighted by Crippen LogP contribution is 2.34. The van der Waals surface area contributed by atoms with Gasteiger partial charge in [-0.05, 0) is 63.2 Å². The maximum absolute atomic E-state index is 12.6. The molecular formula is C17H22N2O2S. The molecule has 22 heavy (non-hydrogen) atoms. The molecule has 0 bridgehead atoms. The van der Waals surface area contributed by atoms with Gasteiger partial charge in [0, 0.05) is 12.1 Å². The molecule has 1 aromatic rings. The fraction of sp³-hybridized carbons (Fsp3) is 0.412. The number of ether oxygens (including phenoxy) is 1. The molecule has 0 atom stereocenters. The Morgan fingerprint density at radius 2 is 1.82 bits per heavy atom. The first-order chi connectivity index (χ1) is 10.4. The Balaban J connectivity index is 2.31. The van der Waals surface area contributed by atoms with Crippen LogP contribution in [0.4, 0.5) is 0 Å². The van der Waals surface area contributed by atoms with Gasteiger partial charge in [-0.15, -0.1) is 0 Å². The number of carbonyl (C=O) groups is 1. The summed E-state index contributed by atoms with van der Waals surface area (Å²) in [6, 6.07) is 7.92. The van der Waals surface area contributed by atoms with Crippen molar-refractivity contribution in [1.29, 1.82) is 0 Å². The summed E-state index contributed by atoms with van der Waals surface area (Å²) in [5.41, 5.74) is 0.978. The molecule has 1 heterocycles. The van der Waals surface area contributed by atoms with E-state index in [0.717, 1.165) is 16.5 Å². The molecule has 0 unspecified atom stereocenters. The molecular weight excluding hydrogens is 296 g/mol. The van der Waals surface area contributed by atoms with Crippen molar-refractivity contribution in [2.45, 2.75) is 39.8 Å². The number of amidine groups is 1. The van der Waals surface area contributed by atoms with Crippen molar-refractivity contribution in [3.8, 4) is 5.75 Å². The van der Waals surface area contributed by atoms with E-state index in [0.29, 0.717) is 4.91 Å². The third kappa shape index (κ3) is 3.71. The second kappa shape index (κ2) is 7.01. The highest BCUT2D eigenvalue weighted by atomic mass is 32.2. The van der Waals surface area contributed by atoms with Crippen LogP contribution in [0.25, 0.3) is 6.08 Å². The Morgan fingerprint density at radius 3 is 2.32 bits per heavy atom. The van der Waals surface area contributed by atoms with Crippen LogP contribution in [0.5, 0.6) is 5.75 Å². The number of thioether (sulfide) groups is 1. The molecule has 1 aromatic carbocycles. The topological polar surface area (TPSA) is 41.9 Å². The highest BCUT2D eigenvalue weighted by Gasteiger charge is 2.35. The molecule has 0 N–H and O–H groups in total. The van der Waals surface area contributed by atoms with Gasteiger partial charge in [-0.1, -0.05) is 12.1 Å². The van der Waals surface area contributed by atoms with Gasteiger partial charge in [0.15, 0.2) is 5.17 Å². The molecule has 1 saturated heterocycles. The van der Waals surface area contributed by atoms with Gasteiger partial charge in [0.2, 0.25) is 0 Å². The second-order valence-corrected chi connectivity index (χ2v) is 6.67. The van der Waals surface area contributed by atoms with E-state index in [2.05, 4.69) is 4.99 Å². The summed E-state index contributed by atoms with van der Waals surface area (Å²) in [6.45, 7) is 8.04. The first-order valence-corrected chi connectivity index (χ1v) is 8.19. The third-order valence-electron chi connectivity index (χ3n) is 3.14. The fourth-order valence-electron chi connectivity index (χ4n) is 2.10. The molecule has 1 fully saturated rings. The largest absolute Gasteiger partial charge is 0.497 e. The van der Waals surface area contributed by atoms with Crippen molar-refractivity contribution < 1.29 is 9.53 Å². The molecule has 4 nitrogen and oxygen atoms in total. The molecule has 1 amide bonds. The number of methoxy groups -OCH3 is 1. The van der Waals surface area contributed by atoms with Crippen LogP contribution in [0.1, 0.15) is 33.3 Å². The number of rotatable bonds is 4. The molecule has 118 valence electrons. The summed E-state index contributed by atoms with van der Waals surface area (Å²) in [6.07, 6.45) is 1.91. The zero-order valence-corrected chi connectivity index (χ0v) is 14.5. The average Bonchev–Trinajstić information content (AvgIpc) is 2.75. The summed E-state index contributed by atoms with van der Waals surface area (Å²) >= 11 is 1.44. The Kier molecular flexibility index (Phi) is 5.29. The van der Waals surface area contributed by atoms with Crippen molar-refractivity contribution in [3.63, 3.8) is 0 Å². The lowest BCUT2D eigenvalue weighted by molar-refractivity contribution is -0.123. The van der Waals surface area contributed by atoms with Crippen LogP contribution in [0.3, 0.4) is 0 Å². The van der Waals surface area contributed by atoms with Crippen molar-refractivity contribution in [2.75, 3.05) is 7.11 Å². The summed E-state index contributed by atoms with van der Waals surface area (Å²) < 4.78 is 5.15. The molecule has 5 heteroatoms. The zero-order chi connectivity index (χ0) is 16.3. The molecule has 0 radical (unpaired) electrons. The maximum atomic E-state index is 12.6. The Morgan fingerprint density at radius 1 is 1.18 bits per heavy atom. The van der Waals surface area contributed by atoms with Crippen molar-refractivity contribution >= 4 is 28.9 Å². The van der Waals surface area contributed by atoms with Gasteiger partial charge >= 0.3 is 0 Å². The lowest BCUT2D eigenvalue weighted by Crippen LogP contribution is -2.35. The van der Waals surface area contributed by atoms with Crippen LogP contribution in [-0.4, -0.2) is 35.2 Å². The molecule has 0 saturated carbocycles. The van der Waals surface area contributed by atoms with Crippen molar-refractivity contribution in [1.82, 2.24) is 4.90 Å². The first kappa shape index (κ1) is 16.6. The normalized spacial score (nSPS) is 19.0. The monoisotopic (exact) mass is 318 g/mol. The van der Waals surface area contributed by atoms with Gasteiger partial charge in [-0.3, -0.25) is 14.7 Å². The van der Waals surface area contributed by atoms with Crippen LogP contribution in [0.15, 0.2) is 34.2 Å². The number of aliphatic imine (C=N–C) groups is 1. The zero-order valence-electron chi connectivity index (χ0n) is 13.7. The third-order valence-corrected chi connectivity index (χ3v) is 4.13. The van der Waals surface area contributed by atoms with Gasteiger partial charge in [-0.25, -0.2) is 0 Å². The molecule has 1 aliphatic heterocycles. The second-order valence-electron chi connectivity index (χ2n) is 5.66. The van der Waals surface area contributed by atoms with Crippen LogP contribution in [0, 0.1) is 0 Å². The lowest BCUT2D eigenvalue weighted by atomic mass is 10.2. The first-order valence-electron chi connectivity index (χ1n) is 7.37. The number of carbonyl (C=O) groups excluding carboxylic acids is 1. The van der Waals surface area contributed by atoms with E-state index in [4.69, 9.17) is 4.74 Å². The summed E-state index contributed by atoms with van der Waals surface area (Å²) in [7, 11) is 1.64. The van der Waals surface area contributed by atoms with Crippen LogP contribution < -0.4 is 4.74 Å². The van der Waals surface area contributed by atoms with Crippen molar-refractivity contribution in [3.05, 3.63) is 34.7 Å². The minimum absolute atomic E-state index is 0.0234. The Labute approximate surface area is 136 Å². The van der Waals surface area contributed by atoms with Gasteiger partial charge < -0.3 is 4.74 Å². The van der Waals surface area contributed by atoms with E-state index in [1.165, 1.54) is 11.8 Å². The van der Waals surface area contributed by atoms with Crippen LogP contribution in [0.2, 0.25) is 0 Å². The molecule has 0 aromatic heterocycles. The van der Waals surface area contributed by atoms with Crippen molar-refractivity contribution in [2.24, 2.45) is 4.99 Å². The minimum atomic E-state index is 0.0234. The SMILES string of the molecule is COc1ccc(/C=C2/SC(=NC(C)C)N(C(C)C)C2=O)cc1. The number of hydrogen-bond acceptors (Lipinski definition) is 4. The van der Waals surface area contributed by atoms with Gasteiger partial charge in [-0.2, -0.15) is 0 Å². The van der Waals surface area contributed by atoms with Crippen LogP contribution >= 0.6 is 11.8 Å². The maximum Gasteiger partial charge on any atom is 0.266 e. The molecule has 1 aliphatic rings. The van der Waals surface area contributed by atoms with E-state index in [-0.39, 0.29) is 18.0 Å². The molecule has 2 rings (SSSR count). The molecule has 0 spiro atoms. The lowest BCUT2D eigenvalue weighted by Gasteiger charge is -2.20. The molecule has 0 aliphatic carbocycles. The predicted octanol–water partition coefficient (Wildman–Crippen LogP) is 3.78. The number of hydrogen-bond donors (Lipinski definition) is 0. The van der Waals surface area contributed by atoms with E-state index in [1.807, 2.05) is 58.0 Å². The van der Waals surface area contributed by atoms with E-state index in [9.17, 15) is 4.79 Å². The Hall–Kier alpha value is -1.75. The number of nitrogens with zero attached hydrogens (tertiary/aromatic N) is 2. The highest BCUT2D eigenvalue weighted by molar-refractivity contribution is 8.18. The summed E-state index contributed by atoms with van der Waals surface area (Å²) in [4.78, 5) is 19.6. The summed E-state index contributed by atoms with van der Waals surface area (Å²) in [5, 5.41) is 0.787. The van der Waals surface area contributed by atoms with Crippen LogP contribution in [-0.2, 0) is 4.79 Å². The van der Waals surface area contributed by atoms with E-state index < -0.39 is 0 Å². The van der Waals surface area contributed by atoms with Gasteiger partial charge in [0.05, 0.1) is 12.0 Å². The average molecular weight is 318 g/mol.